The minimum Gasteiger partial charge on any atom is -0.490 e. The van der Waals surface area contributed by atoms with Crippen LogP contribution >= 0.6 is 0 Å². The molecule has 0 atom stereocenters. The van der Waals surface area contributed by atoms with Crippen molar-refractivity contribution in [3.8, 4) is 11.5 Å². The molecule has 0 aliphatic carbocycles. The molecule has 0 aliphatic heterocycles. The lowest BCUT2D eigenvalue weighted by Gasteiger charge is -2.14. The van der Waals surface area contributed by atoms with Crippen molar-refractivity contribution in [2.75, 3.05) is 25.6 Å². The van der Waals surface area contributed by atoms with E-state index in [0.29, 0.717) is 30.4 Å². The highest BCUT2D eigenvalue weighted by molar-refractivity contribution is 7.89. The summed E-state index contributed by atoms with van der Waals surface area (Å²) in [6.45, 7) is 5.12. The number of carbonyl (C=O) groups is 1. The number of anilines is 1. The Hall–Kier alpha value is -2.52. The van der Waals surface area contributed by atoms with E-state index in [1.165, 1.54) is 23.9 Å². The number of hydrogen-bond acceptors (Lipinski definition) is 5. The Bertz CT molecular complexity index is 922. The number of sulfonamides is 1. The van der Waals surface area contributed by atoms with Crippen LogP contribution in [0.2, 0.25) is 0 Å². The average Bonchev–Trinajstić information content (AvgIpc) is 3.08. The molecule has 1 aromatic heterocycles. The summed E-state index contributed by atoms with van der Waals surface area (Å²) < 4.78 is 39.0. The van der Waals surface area contributed by atoms with Gasteiger partial charge in [0.05, 0.1) is 13.2 Å². The molecule has 0 unspecified atom stereocenters. The third-order valence-electron chi connectivity index (χ3n) is 3.92. The number of benzene rings is 1. The van der Waals surface area contributed by atoms with E-state index < -0.39 is 15.9 Å². The summed E-state index contributed by atoms with van der Waals surface area (Å²) in [5, 5.41) is 2.77. The van der Waals surface area contributed by atoms with Gasteiger partial charge < -0.3 is 19.4 Å². The highest BCUT2D eigenvalue weighted by atomic mass is 32.2. The van der Waals surface area contributed by atoms with Gasteiger partial charge >= 0.3 is 0 Å². The maximum absolute atomic E-state index is 12.6. The largest absolute Gasteiger partial charge is 0.490 e. The summed E-state index contributed by atoms with van der Waals surface area (Å²) in [5.41, 5.74) is 0.746. The lowest BCUT2D eigenvalue weighted by atomic mass is 10.2. The second-order valence-electron chi connectivity index (χ2n) is 6.19. The molecule has 2 aromatic rings. The van der Waals surface area contributed by atoms with Crippen molar-refractivity contribution in [3.05, 3.63) is 36.2 Å². The van der Waals surface area contributed by atoms with Crippen LogP contribution < -0.4 is 19.5 Å². The summed E-state index contributed by atoms with van der Waals surface area (Å²) in [6, 6.07) is 6.50. The average molecular weight is 410 g/mol. The molecule has 0 radical (unpaired) electrons. The van der Waals surface area contributed by atoms with E-state index in [-0.39, 0.29) is 10.6 Å². The number of ether oxygens (including phenoxy) is 2. The van der Waals surface area contributed by atoms with Crippen LogP contribution in [0.3, 0.4) is 0 Å². The minimum atomic E-state index is -3.63. The van der Waals surface area contributed by atoms with Crippen molar-refractivity contribution in [3.63, 3.8) is 0 Å². The van der Waals surface area contributed by atoms with Gasteiger partial charge in [-0.25, -0.2) is 13.1 Å². The summed E-state index contributed by atoms with van der Waals surface area (Å²) in [7, 11) is -0.691. The Morgan fingerprint density at radius 1 is 1.07 bits per heavy atom. The molecule has 1 aromatic carbocycles. The first-order chi connectivity index (χ1) is 13.3. The molecule has 0 spiro atoms. The number of rotatable bonds is 10. The standard InChI is InChI=1S/C19H27N3O5S/c1-5-9-26-17-8-7-14(11-18(17)27-10-6-2)21-19(23)16-12-15(13-22(16)4)28(24,25)20-3/h7-8,11-13,20H,5-6,9-10H2,1-4H3,(H,21,23). The van der Waals surface area contributed by atoms with Crippen LogP contribution in [-0.2, 0) is 17.1 Å². The van der Waals surface area contributed by atoms with Gasteiger partial charge in [-0.1, -0.05) is 13.8 Å². The van der Waals surface area contributed by atoms with Crippen LogP contribution in [0.5, 0.6) is 11.5 Å². The van der Waals surface area contributed by atoms with Crippen LogP contribution in [0.25, 0.3) is 0 Å². The minimum absolute atomic E-state index is 0.0259. The number of carbonyl (C=O) groups excluding carboxylic acids is 1. The SMILES string of the molecule is CCCOc1ccc(NC(=O)c2cc(S(=O)(=O)NC)cn2C)cc1OCCC. The third-order valence-corrected chi connectivity index (χ3v) is 5.30. The van der Waals surface area contributed by atoms with Crippen LogP contribution in [0, 0.1) is 0 Å². The zero-order valence-electron chi connectivity index (χ0n) is 16.6. The molecule has 0 bridgehead atoms. The van der Waals surface area contributed by atoms with Crippen LogP contribution in [0.4, 0.5) is 5.69 Å². The lowest BCUT2D eigenvalue weighted by Crippen LogP contribution is -2.18. The van der Waals surface area contributed by atoms with Crippen molar-refractivity contribution in [2.45, 2.75) is 31.6 Å². The van der Waals surface area contributed by atoms with E-state index in [1.807, 2.05) is 13.8 Å². The predicted octanol–water partition coefficient (Wildman–Crippen LogP) is 2.76. The number of hydrogen-bond donors (Lipinski definition) is 2. The van der Waals surface area contributed by atoms with Crippen LogP contribution in [-0.4, -0.2) is 39.2 Å². The van der Waals surface area contributed by atoms with Crippen LogP contribution in [0.15, 0.2) is 35.4 Å². The van der Waals surface area contributed by atoms with E-state index in [1.54, 1.807) is 25.2 Å². The maximum atomic E-state index is 12.6. The van der Waals surface area contributed by atoms with E-state index in [9.17, 15) is 13.2 Å². The van der Waals surface area contributed by atoms with Crippen molar-refractivity contribution >= 4 is 21.6 Å². The second-order valence-corrected chi connectivity index (χ2v) is 8.08. The Labute approximate surface area is 165 Å². The van der Waals surface area contributed by atoms with Gasteiger partial charge in [0.15, 0.2) is 11.5 Å². The first kappa shape index (κ1) is 21.8. The molecule has 9 heteroatoms. The monoisotopic (exact) mass is 409 g/mol. The van der Waals surface area contributed by atoms with Crippen molar-refractivity contribution < 1.29 is 22.7 Å². The summed E-state index contributed by atoms with van der Waals surface area (Å²) in [4.78, 5) is 12.7. The molecular weight excluding hydrogens is 382 g/mol. The number of nitrogens with one attached hydrogen (secondary N) is 2. The number of amides is 1. The molecule has 8 nitrogen and oxygen atoms in total. The quantitative estimate of drug-likeness (QED) is 0.629. The van der Waals surface area contributed by atoms with E-state index in [0.717, 1.165) is 12.8 Å². The van der Waals surface area contributed by atoms with Gasteiger partial charge in [0.2, 0.25) is 10.0 Å². The van der Waals surface area contributed by atoms with Gasteiger partial charge in [0.1, 0.15) is 10.6 Å². The molecule has 0 aliphatic rings. The van der Waals surface area contributed by atoms with Gasteiger partial charge in [-0.15, -0.1) is 0 Å². The lowest BCUT2D eigenvalue weighted by molar-refractivity contribution is 0.101. The Morgan fingerprint density at radius 3 is 2.32 bits per heavy atom. The fraction of sp³-hybridized carbons (Fsp3) is 0.421. The summed E-state index contributed by atoms with van der Waals surface area (Å²) in [6.07, 6.45) is 3.10. The number of nitrogens with zero attached hydrogens (tertiary/aromatic N) is 1. The molecule has 2 rings (SSSR count). The van der Waals surface area contributed by atoms with Gasteiger partial charge in [0, 0.05) is 25.0 Å². The number of aryl methyl sites for hydroxylation is 1. The topological polar surface area (TPSA) is 98.7 Å². The maximum Gasteiger partial charge on any atom is 0.272 e. The van der Waals surface area contributed by atoms with Crippen molar-refractivity contribution in [2.24, 2.45) is 7.05 Å². The molecule has 0 saturated carbocycles. The molecule has 154 valence electrons. The van der Waals surface area contributed by atoms with E-state index in [2.05, 4.69) is 10.0 Å². The van der Waals surface area contributed by atoms with E-state index in [4.69, 9.17) is 9.47 Å². The predicted molar refractivity (Wildman–Crippen MR) is 108 cm³/mol. The smallest absolute Gasteiger partial charge is 0.272 e. The van der Waals surface area contributed by atoms with Crippen LogP contribution in [0.1, 0.15) is 37.2 Å². The molecule has 1 heterocycles. The normalized spacial score (nSPS) is 11.3. The summed E-state index contributed by atoms with van der Waals surface area (Å²) >= 11 is 0. The molecule has 0 fully saturated rings. The molecule has 1 amide bonds. The van der Waals surface area contributed by atoms with Crippen molar-refractivity contribution in [1.29, 1.82) is 0 Å². The fourth-order valence-electron chi connectivity index (χ4n) is 2.46. The fourth-order valence-corrected chi connectivity index (χ4v) is 3.26. The first-order valence-electron chi connectivity index (χ1n) is 9.13. The van der Waals surface area contributed by atoms with E-state index >= 15 is 0 Å². The molecule has 28 heavy (non-hydrogen) atoms. The number of aromatic nitrogens is 1. The molecule has 0 saturated heterocycles. The zero-order valence-corrected chi connectivity index (χ0v) is 17.4. The van der Waals surface area contributed by atoms with Gasteiger partial charge in [-0.2, -0.15) is 0 Å². The Morgan fingerprint density at radius 2 is 1.71 bits per heavy atom. The first-order valence-corrected chi connectivity index (χ1v) is 10.6. The Kier molecular flexibility index (Phi) is 7.47. The van der Waals surface area contributed by atoms with Crippen molar-refractivity contribution in [1.82, 2.24) is 9.29 Å². The Balaban J connectivity index is 2.23. The van der Waals surface area contributed by atoms with Gasteiger partial charge in [0.25, 0.3) is 5.91 Å². The highest BCUT2D eigenvalue weighted by Crippen LogP contribution is 2.31. The molecular formula is C19H27N3O5S. The van der Waals surface area contributed by atoms with Gasteiger partial charge in [-0.05, 0) is 38.1 Å². The van der Waals surface area contributed by atoms with Gasteiger partial charge in [-0.3, -0.25) is 4.79 Å². The highest BCUT2D eigenvalue weighted by Gasteiger charge is 2.19. The molecule has 2 N–H and O–H groups in total. The summed E-state index contributed by atoms with van der Waals surface area (Å²) in [5.74, 6) is 0.747. The third kappa shape index (κ3) is 5.26. The zero-order chi connectivity index (χ0) is 20.7. The second kappa shape index (κ2) is 9.61.